The molecule has 4 aromatic rings. The Bertz CT molecular complexity index is 1180. The van der Waals surface area contributed by atoms with E-state index < -0.39 is 0 Å². The van der Waals surface area contributed by atoms with Gasteiger partial charge in [0.2, 0.25) is 0 Å². The number of ether oxygens (including phenoxy) is 2. The number of nitrogens with zero attached hydrogens (tertiary/aromatic N) is 2. The predicted molar refractivity (Wildman–Crippen MR) is 117 cm³/mol. The van der Waals surface area contributed by atoms with Crippen LogP contribution in [-0.4, -0.2) is 22.8 Å². The van der Waals surface area contributed by atoms with Gasteiger partial charge in [0, 0.05) is 10.9 Å². The Balaban J connectivity index is 1.73. The quantitative estimate of drug-likeness (QED) is 0.435. The molecule has 2 aromatic heterocycles. The number of aromatic nitrogens is 2. The molecule has 0 spiro atoms. The highest BCUT2D eigenvalue weighted by molar-refractivity contribution is 7.17. The van der Waals surface area contributed by atoms with Crippen LogP contribution in [0.4, 0.5) is 0 Å². The number of hydrogen-bond acceptors (Lipinski definition) is 5. The van der Waals surface area contributed by atoms with E-state index in [4.69, 9.17) is 9.47 Å². The lowest BCUT2D eigenvalue weighted by Gasteiger charge is -2.12. The molecule has 2 heterocycles. The van der Waals surface area contributed by atoms with Gasteiger partial charge in [0.05, 0.1) is 31.6 Å². The molecule has 0 saturated carbocycles. The Kier molecular flexibility index (Phi) is 5.62. The molecule has 0 aliphatic rings. The number of rotatable bonds is 7. The Hall–Kier alpha value is -3.12. The second kappa shape index (κ2) is 8.49. The van der Waals surface area contributed by atoms with Crippen molar-refractivity contribution in [1.82, 2.24) is 9.55 Å². The number of hydrogen-bond donors (Lipinski definition) is 0. The molecule has 0 aliphatic carbocycles. The number of benzene rings is 2. The van der Waals surface area contributed by atoms with E-state index in [2.05, 4.69) is 4.98 Å². The van der Waals surface area contributed by atoms with Crippen LogP contribution in [0.1, 0.15) is 19.4 Å². The average Bonchev–Trinajstić information content (AvgIpc) is 3.17. The van der Waals surface area contributed by atoms with Crippen molar-refractivity contribution >= 4 is 21.6 Å². The van der Waals surface area contributed by atoms with E-state index in [1.807, 2.05) is 67.8 Å². The normalized spacial score (nSPS) is 11.0. The summed E-state index contributed by atoms with van der Waals surface area (Å²) in [6.07, 6.45) is 1.63. The minimum Gasteiger partial charge on any atom is -0.490 e. The average molecular weight is 407 g/mol. The van der Waals surface area contributed by atoms with E-state index in [1.165, 1.54) is 11.3 Å². The van der Waals surface area contributed by atoms with Gasteiger partial charge in [-0.1, -0.05) is 36.4 Å². The first kappa shape index (κ1) is 19.2. The SMILES string of the molecule is CCOc1ccc(-c2csc3c(=O)n(Cc4ccccc4)cnc23)cc1OCC. The molecule has 29 heavy (non-hydrogen) atoms. The molecule has 0 atom stereocenters. The fourth-order valence-corrected chi connectivity index (χ4v) is 4.23. The van der Waals surface area contributed by atoms with Crippen LogP contribution < -0.4 is 15.0 Å². The Morgan fingerprint density at radius 1 is 1.00 bits per heavy atom. The van der Waals surface area contributed by atoms with E-state index in [-0.39, 0.29) is 5.56 Å². The summed E-state index contributed by atoms with van der Waals surface area (Å²) in [5, 5.41) is 1.98. The summed E-state index contributed by atoms with van der Waals surface area (Å²) in [6.45, 7) is 5.52. The summed E-state index contributed by atoms with van der Waals surface area (Å²) in [7, 11) is 0. The van der Waals surface area contributed by atoms with Crippen molar-refractivity contribution in [3.05, 3.63) is 76.2 Å². The van der Waals surface area contributed by atoms with Gasteiger partial charge in [0.15, 0.2) is 11.5 Å². The van der Waals surface area contributed by atoms with Crippen molar-refractivity contribution in [1.29, 1.82) is 0 Å². The second-order valence-electron chi connectivity index (χ2n) is 6.52. The summed E-state index contributed by atoms with van der Waals surface area (Å²) in [5.41, 5.74) is 3.65. The van der Waals surface area contributed by atoms with Gasteiger partial charge in [-0.25, -0.2) is 4.98 Å². The van der Waals surface area contributed by atoms with Crippen LogP contribution in [0.3, 0.4) is 0 Å². The molecule has 0 bridgehead atoms. The topological polar surface area (TPSA) is 53.4 Å². The van der Waals surface area contributed by atoms with Gasteiger partial charge in [0.25, 0.3) is 5.56 Å². The molecule has 0 radical (unpaired) electrons. The van der Waals surface area contributed by atoms with E-state index in [9.17, 15) is 4.79 Å². The number of fused-ring (bicyclic) bond motifs is 1. The van der Waals surface area contributed by atoms with Crippen LogP contribution >= 0.6 is 11.3 Å². The highest BCUT2D eigenvalue weighted by Gasteiger charge is 2.15. The van der Waals surface area contributed by atoms with Crippen LogP contribution in [0.25, 0.3) is 21.3 Å². The third kappa shape index (κ3) is 3.89. The van der Waals surface area contributed by atoms with Gasteiger partial charge in [-0.2, -0.15) is 0 Å². The maximum Gasteiger partial charge on any atom is 0.271 e. The standard InChI is InChI=1S/C23H22N2O3S/c1-3-27-19-11-10-17(12-20(19)28-4-2)18-14-29-22-21(18)24-15-25(23(22)26)13-16-8-6-5-7-9-16/h5-12,14-15H,3-4,13H2,1-2H3. The van der Waals surface area contributed by atoms with Crippen molar-refractivity contribution in [3.8, 4) is 22.6 Å². The molecule has 0 fully saturated rings. The molecular formula is C23H22N2O3S. The lowest BCUT2D eigenvalue weighted by molar-refractivity contribution is 0.288. The summed E-state index contributed by atoms with van der Waals surface area (Å²) < 4.78 is 13.7. The molecule has 0 amide bonds. The fraction of sp³-hybridized carbons (Fsp3) is 0.217. The van der Waals surface area contributed by atoms with E-state index in [0.717, 1.165) is 28.0 Å². The maximum atomic E-state index is 13.0. The zero-order valence-corrected chi connectivity index (χ0v) is 17.2. The minimum atomic E-state index is -0.0222. The van der Waals surface area contributed by atoms with Gasteiger partial charge < -0.3 is 9.47 Å². The third-order valence-electron chi connectivity index (χ3n) is 4.60. The van der Waals surface area contributed by atoms with Crippen LogP contribution in [0.15, 0.2) is 65.0 Å². The van der Waals surface area contributed by atoms with Crippen LogP contribution in [0, 0.1) is 0 Å². The molecule has 4 rings (SSSR count). The largest absolute Gasteiger partial charge is 0.490 e. The van der Waals surface area contributed by atoms with Gasteiger partial charge in [-0.05, 0) is 37.1 Å². The lowest BCUT2D eigenvalue weighted by atomic mass is 10.1. The first-order chi connectivity index (χ1) is 14.2. The predicted octanol–water partition coefficient (Wildman–Crippen LogP) is 4.97. The van der Waals surface area contributed by atoms with Gasteiger partial charge in [0.1, 0.15) is 4.70 Å². The van der Waals surface area contributed by atoms with Crippen molar-refractivity contribution in [2.45, 2.75) is 20.4 Å². The van der Waals surface area contributed by atoms with Crippen molar-refractivity contribution in [3.63, 3.8) is 0 Å². The van der Waals surface area contributed by atoms with Crippen LogP contribution in [0.2, 0.25) is 0 Å². The van der Waals surface area contributed by atoms with E-state index in [1.54, 1.807) is 10.9 Å². The minimum absolute atomic E-state index is 0.0222. The zero-order chi connectivity index (χ0) is 20.2. The lowest BCUT2D eigenvalue weighted by Crippen LogP contribution is -2.20. The Morgan fingerprint density at radius 3 is 2.52 bits per heavy atom. The second-order valence-corrected chi connectivity index (χ2v) is 7.40. The highest BCUT2D eigenvalue weighted by atomic mass is 32.1. The van der Waals surface area contributed by atoms with Gasteiger partial charge in [-0.3, -0.25) is 9.36 Å². The van der Waals surface area contributed by atoms with Crippen molar-refractivity contribution in [2.75, 3.05) is 13.2 Å². The molecule has 5 nitrogen and oxygen atoms in total. The maximum absolute atomic E-state index is 13.0. The van der Waals surface area contributed by atoms with E-state index >= 15 is 0 Å². The first-order valence-electron chi connectivity index (χ1n) is 9.61. The van der Waals surface area contributed by atoms with Crippen LogP contribution in [-0.2, 0) is 6.54 Å². The first-order valence-corrected chi connectivity index (χ1v) is 10.5. The molecule has 0 saturated heterocycles. The summed E-state index contributed by atoms with van der Waals surface area (Å²) in [5.74, 6) is 1.42. The summed E-state index contributed by atoms with van der Waals surface area (Å²) in [4.78, 5) is 17.6. The monoisotopic (exact) mass is 406 g/mol. The van der Waals surface area contributed by atoms with E-state index in [0.29, 0.717) is 30.2 Å². The fourth-order valence-electron chi connectivity index (χ4n) is 3.26. The van der Waals surface area contributed by atoms with Crippen molar-refractivity contribution < 1.29 is 9.47 Å². The molecule has 0 unspecified atom stereocenters. The highest BCUT2D eigenvalue weighted by Crippen LogP contribution is 2.36. The Labute approximate surface area is 173 Å². The van der Waals surface area contributed by atoms with Crippen molar-refractivity contribution in [2.24, 2.45) is 0 Å². The summed E-state index contributed by atoms with van der Waals surface area (Å²) >= 11 is 1.43. The third-order valence-corrected chi connectivity index (χ3v) is 5.55. The zero-order valence-electron chi connectivity index (χ0n) is 16.4. The molecule has 6 heteroatoms. The summed E-state index contributed by atoms with van der Waals surface area (Å²) in [6, 6.07) is 15.8. The smallest absolute Gasteiger partial charge is 0.271 e. The van der Waals surface area contributed by atoms with Gasteiger partial charge >= 0.3 is 0 Å². The Morgan fingerprint density at radius 2 is 1.76 bits per heavy atom. The molecule has 0 N–H and O–H groups in total. The molecule has 148 valence electrons. The number of thiophene rings is 1. The van der Waals surface area contributed by atoms with Crippen LogP contribution in [0.5, 0.6) is 11.5 Å². The molecule has 0 aliphatic heterocycles. The molecule has 2 aromatic carbocycles. The molecular weight excluding hydrogens is 384 g/mol. The van der Waals surface area contributed by atoms with Gasteiger partial charge in [-0.15, -0.1) is 11.3 Å².